The van der Waals surface area contributed by atoms with Gasteiger partial charge in [0, 0.05) is 6.07 Å². The molecule has 0 saturated carbocycles. The lowest BCUT2D eigenvalue weighted by atomic mass is 10.2. The van der Waals surface area contributed by atoms with Gasteiger partial charge in [-0.25, -0.2) is 9.78 Å². The van der Waals surface area contributed by atoms with Crippen molar-refractivity contribution in [3.63, 3.8) is 0 Å². The molecule has 6 heteroatoms. The van der Waals surface area contributed by atoms with Crippen molar-refractivity contribution in [3.8, 4) is 11.4 Å². The number of nitrogens with zero attached hydrogens (tertiary/aromatic N) is 2. The quantitative estimate of drug-likeness (QED) is 0.855. The summed E-state index contributed by atoms with van der Waals surface area (Å²) in [6.07, 6.45) is 2.54. The van der Waals surface area contributed by atoms with Crippen molar-refractivity contribution in [1.82, 2.24) is 9.55 Å². The highest BCUT2D eigenvalue weighted by atomic mass is 16.5. The van der Waals surface area contributed by atoms with E-state index in [1.807, 2.05) is 31.2 Å². The van der Waals surface area contributed by atoms with Gasteiger partial charge in [-0.3, -0.25) is 4.57 Å². The lowest BCUT2D eigenvalue weighted by molar-refractivity contribution is 0.0596. The zero-order valence-corrected chi connectivity index (χ0v) is 12.4. The Kier molecular flexibility index (Phi) is 4.47. The van der Waals surface area contributed by atoms with E-state index in [0.29, 0.717) is 0 Å². The monoisotopic (exact) mass is 289 g/mol. The van der Waals surface area contributed by atoms with E-state index >= 15 is 0 Å². The predicted molar refractivity (Wildman–Crippen MR) is 79.7 cm³/mol. The number of imidazole rings is 1. The number of hydrogen-bond donors (Lipinski definition) is 1. The number of aromatic nitrogens is 2. The van der Waals surface area contributed by atoms with Gasteiger partial charge in [0.2, 0.25) is 0 Å². The van der Waals surface area contributed by atoms with Crippen LogP contribution >= 0.6 is 0 Å². The third kappa shape index (κ3) is 3.16. The Balaban J connectivity index is 2.32. The first-order valence-electron chi connectivity index (χ1n) is 6.75. The van der Waals surface area contributed by atoms with Crippen molar-refractivity contribution in [1.29, 1.82) is 0 Å². The molecule has 0 fully saturated rings. The molecule has 0 radical (unpaired) electrons. The van der Waals surface area contributed by atoms with Crippen LogP contribution in [0.1, 0.15) is 30.8 Å². The summed E-state index contributed by atoms with van der Waals surface area (Å²) >= 11 is 0. The fourth-order valence-corrected chi connectivity index (χ4v) is 1.84. The number of ether oxygens (including phenoxy) is 2. The second kappa shape index (κ2) is 6.30. The van der Waals surface area contributed by atoms with Gasteiger partial charge in [0.1, 0.15) is 17.9 Å². The van der Waals surface area contributed by atoms with Crippen molar-refractivity contribution in [2.75, 3.05) is 12.8 Å². The minimum absolute atomic E-state index is 0.103. The average Bonchev–Trinajstić information content (AvgIpc) is 2.88. The van der Waals surface area contributed by atoms with Crippen LogP contribution in [0.15, 0.2) is 30.6 Å². The standard InChI is InChI=1S/C15H19N3O3/c1-4-10(2)21-12-7-5-6-11(8-12)18-9-17-13(14(18)16)15(19)20-3/h5-10H,4,16H2,1-3H3. The van der Waals surface area contributed by atoms with Crippen LogP contribution in [0.3, 0.4) is 0 Å². The molecule has 1 atom stereocenters. The van der Waals surface area contributed by atoms with Crippen LogP contribution < -0.4 is 10.5 Å². The largest absolute Gasteiger partial charge is 0.491 e. The second-order valence-electron chi connectivity index (χ2n) is 4.67. The Hall–Kier alpha value is -2.50. The Morgan fingerprint density at radius 2 is 2.24 bits per heavy atom. The van der Waals surface area contributed by atoms with E-state index in [1.54, 1.807) is 4.57 Å². The van der Waals surface area contributed by atoms with E-state index in [9.17, 15) is 4.79 Å². The molecule has 6 nitrogen and oxygen atoms in total. The van der Waals surface area contributed by atoms with Crippen LogP contribution in [0.2, 0.25) is 0 Å². The first-order chi connectivity index (χ1) is 10.1. The summed E-state index contributed by atoms with van der Waals surface area (Å²) in [5, 5.41) is 0. The van der Waals surface area contributed by atoms with Gasteiger partial charge in [0.05, 0.1) is 18.9 Å². The van der Waals surface area contributed by atoms with E-state index < -0.39 is 5.97 Å². The molecule has 1 heterocycles. The maximum absolute atomic E-state index is 11.5. The van der Waals surface area contributed by atoms with E-state index in [1.165, 1.54) is 13.4 Å². The lowest BCUT2D eigenvalue weighted by Gasteiger charge is -2.14. The minimum atomic E-state index is -0.557. The fourth-order valence-electron chi connectivity index (χ4n) is 1.84. The molecule has 1 unspecified atom stereocenters. The molecule has 21 heavy (non-hydrogen) atoms. The Morgan fingerprint density at radius 1 is 1.48 bits per heavy atom. The van der Waals surface area contributed by atoms with Gasteiger partial charge in [-0.2, -0.15) is 0 Å². The molecular formula is C15H19N3O3. The van der Waals surface area contributed by atoms with E-state index in [0.717, 1.165) is 17.9 Å². The maximum Gasteiger partial charge on any atom is 0.360 e. The molecular weight excluding hydrogens is 270 g/mol. The van der Waals surface area contributed by atoms with Gasteiger partial charge in [-0.15, -0.1) is 0 Å². The molecule has 2 N–H and O–H groups in total. The summed E-state index contributed by atoms with van der Waals surface area (Å²) in [6, 6.07) is 7.46. The molecule has 112 valence electrons. The number of hydrogen-bond acceptors (Lipinski definition) is 5. The third-order valence-corrected chi connectivity index (χ3v) is 3.19. The van der Waals surface area contributed by atoms with E-state index in [4.69, 9.17) is 10.5 Å². The first-order valence-corrected chi connectivity index (χ1v) is 6.75. The van der Waals surface area contributed by atoms with Crippen molar-refractivity contribution in [2.45, 2.75) is 26.4 Å². The zero-order chi connectivity index (χ0) is 15.4. The third-order valence-electron chi connectivity index (χ3n) is 3.19. The van der Waals surface area contributed by atoms with E-state index in [-0.39, 0.29) is 17.6 Å². The highest BCUT2D eigenvalue weighted by molar-refractivity contribution is 5.92. The topological polar surface area (TPSA) is 79.4 Å². The van der Waals surface area contributed by atoms with Crippen molar-refractivity contribution >= 4 is 11.8 Å². The molecule has 1 aromatic carbocycles. The molecule has 2 rings (SSSR count). The molecule has 0 amide bonds. The lowest BCUT2D eigenvalue weighted by Crippen LogP contribution is -2.10. The number of nitrogen functional groups attached to an aromatic ring is 1. The van der Waals surface area contributed by atoms with Crippen molar-refractivity contribution in [3.05, 3.63) is 36.3 Å². The number of anilines is 1. The number of nitrogens with two attached hydrogens (primary N) is 1. The molecule has 0 bridgehead atoms. The highest BCUT2D eigenvalue weighted by Crippen LogP contribution is 2.22. The average molecular weight is 289 g/mol. The number of carbonyl (C=O) groups is 1. The SMILES string of the molecule is CCC(C)Oc1cccc(-n2cnc(C(=O)OC)c2N)c1. The van der Waals surface area contributed by atoms with Crippen LogP contribution in [-0.4, -0.2) is 28.7 Å². The van der Waals surface area contributed by atoms with Gasteiger partial charge in [0.15, 0.2) is 5.69 Å². The second-order valence-corrected chi connectivity index (χ2v) is 4.67. The predicted octanol–water partition coefficient (Wildman–Crippen LogP) is 2.42. The van der Waals surface area contributed by atoms with Gasteiger partial charge in [0.25, 0.3) is 0 Å². The first kappa shape index (κ1) is 14.9. The fraction of sp³-hybridized carbons (Fsp3) is 0.333. The Morgan fingerprint density at radius 3 is 2.90 bits per heavy atom. The van der Waals surface area contributed by atoms with Crippen molar-refractivity contribution in [2.24, 2.45) is 0 Å². The van der Waals surface area contributed by atoms with Gasteiger partial charge in [-0.1, -0.05) is 13.0 Å². The van der Waals surface area contributed by atoms with Gasteiger partial charge < -0.3 is 15.2 Å². The Bertz CT molecular complexity index is 637. The summed E-state index contributed by atoms with van der Waals surface area (Å²) in [4.78, 5) is 15.5. The number of rotatable bonds is 5. The number of carbonyl (C=O) groups excluding carboxylic acids is 1. The van der Waals surface area contributed by atoms with Crippen LogP contribution in [0, 0.1) is 0 Å². The molecule has 0 saturated heterocycles. The number of benzene rings is 1. The zero-order valence-electron chi connectivity index (χ0n) is 12.4. The van der Waals surface area contributed by atoms with Crippen LogP contribution in [-0.2, 0) is 4.74 Å². The van der Waals surface area contributed by atoms with Gasteiger partial charge >= 0.3 is 5.97 Å². The summed E-state index contributed by atoms with van der Waals surface area (Å²) in [7, 11) is 1.29. The maximum atomic E-state index is 11.5. The molecule has 0 spiro atoms. The molecule has 2 aromatic rings. The Labute approximate surface area is 123 Å². The van der Waals surface area contributed by atoms with Crippen LogP contribution in [0.25, 0.3) is 5.69 Å². The van der Waals surface area contributed by atoms with E-state index in [2.05, 4.69) is 16.6 Å². The molecule has 1 aromatic heterocycles. The summed E-state index contributed by atoms with van der Waals surface area (Å²) in [6.45, 7) is 4.07. The minimum Gasteiger partial charge on any atom is -0.491 e. The van der Waals surface area contributed by atoms with Crippen molar-refractivity contribution < 1.29 is 14.3 Å². The normalized spacial score (nSPS) is 12.0. The van der Waals surface area contributed by atoms with Gasteiger partial charge in [-0.05, 0) is 25.5 Å². The molecule has 0 aliphatic carbocycles. The highest BCUT2D eigenvalue weighted by Gasteiger charge is 2.17. The van der Waals surface area contributed by atoms with Crippen LogP contribution in [0.5, 0.6) is 5.75 Å². The number of esters is 1. The molecule has 0 aliphatic heterocycles. The van der Waals surface area contributed by atoms with Crippen LogP contribution in [0.4, 0.5) is 5.82 Å². The smallest absolute Gasteiger partial charge is 0.360 e. The summed E-state index contributed by atoms with van der Waals surface area (Å²) in [5.74, 6) is 0.426. The summed E-state index contributed by atoms with van der Waals surface area (Å²) < 4.78 is 12.0. The number of methoxy groups -OCH3 is 1. The molecule has 0 aliphatic rings. The summed E-state index contributed by atoms with van der Waals surface area (Å²) in [5.41, 5.74) is 6.82.